The fourth-order valence-electron chi connectivity index (χ4n) is 4.28. The quantitative estimate of drug-likeness (QED) is 0.424. The zero-order chi connectivity index (χ0) is 19.7. The Morgan fingerprint density at radius 3 is 1.93 bits per heavy atom. The van der Waals surface area contributed by atoms with Gasteiger partial charge >= 0.3 is 0 Å². The van der Waals surface area contributed by atoms with Gasteiger partial charge in [0.1, 0.15) is 0 Å². The van der Waals surface area contributed by atoms with Crippen LogP contribution in [0.4, 0.5) is 0 Å². The molecule has 0 atom stereocenters. The van der Waals surface area contributed by atoms with Gasteiger partial charge in [-0.05, 0) is 42.5 Å². The van der Waals surface area contributed by atoms with Crippen molar-refractivity contribution in [2.75, 3.05) is 0 Å². The Bertz CT molecular complexity index is 1690. The summed E-state index contributed by atoms with van der Waals surface area (Å²) < 4.78 is 8.48. The Kier molecular flexibility index (Phi) is 2.91. The Morgan fingerprint density at radius 1 is 0.500 bits per heavy atom. The minimum atomic E-state index is 0.901. The lowest BCUT2D eigenvalue weighted by atomic mass is 10.2. The normalized spacial score (nSPS) is 12.0. The second-order valence-corrected chi connectivity index (χ2v) is 7.40. The van der Waals surface area contributed by atoms with Crippen molar-refractivity contribution in [3.8, 4) is 11.4 Å². The predicted molar refractivity (Wildman–Crippen MR) is 118 cm³/mol. The van der Waals surface area contributed by atoms with Gasteiger partial charge in [0.05, 0.1) is 27.8 Å². The highest BCUT2D eigenvalue weighted by atomic mass is 15.2. The molecule has 4 heterocycles. The van der Waals surface area contributed by atoms with E-state index in [4.69, 9.17) is 9.97 Å². The molecule has 0 spiro atoms. The lowest BCUT2D eigenvalue weighted by Gasteiger charge is -2.03. The van der Waals surface area contributed by atoms with Crippen LogP contribution in [0.25, 0.3) is 45.0 Å². The van der Waals surface area contributed by atoms with E-state index in [9.17, 15) is 0 Å². The number of hydrogen-bond acceptors (Lipinski definition) is 2. The molecule has 4 aromatic heterocycles. The van der Waals surface area contributed by atoms with E-state index in [0.717, 1.165) is 45.0 Å². The number of aromatic nitrogens is 6. The minimum Gasteiger partial charge on any atom is -0.286 e. The number of imidazole rings is 4. The van der Waals surface area contributed by atoms with Gasteiger partial charge in [-0.1, -0.05) is 30.3 Å². The summed E-state index contributed by atoms with van der Waals surface area (Å²) in [6, 6.07) is 24.8. The van der Waals surface area contributed by atoms with Crippen LogP contribution >= 0.6 is 0 Å². The molecule has 0 bridgehead atoms. The molecular formula is C24H16N6. The predicted octanol–water partition coefficient (Wildman–Crippen LogP) is 4.87. The average molecular weight is 388 g/mol. The van der Waals surface area contributed by atoms with E-state index in [1.807, 2.05) is 36.4 Å². The summed E-state index contributed by atoms with van der Waals surface area (Å²) in [5.74, 6) is 1.80. The highest BCUT2D eigenvalue weighted by Gasteiger charge is 2.13. The lowest BCUT2D eigenvalue weighted by molar-refractivity contribution is 1.08. The molecule has 142 valence electrons. The highest BCUT2D eigenvalue weighted by molar-refractivity contribution is 5.83. The molecule has 6 nitrogen and oxygen atoms in total. The van der Waals surface area contributed by atoms with Gasteiger partial charge in [-0.15, -0.1) is 0 Å². The minimum absolute atomic E-state index is 0.901. The van der Waals surface area contributed by atoms with Crippen molar-refractivity contribution >= 4 is 33.6 Å². The van der Waals surface area contributed by atoms with Gasteiger partial charge in [-0.2, -0.15) is 0 Å². The van der Waals surface area contributed by atoms with Crippen LogP contribution in [0.15, 0.2) is 97.6 Å². The number of fused-ring (bicyclic) bond motifs is 6. The van der Waals surface area contributed by atoms with E-state index in [-0.39, 0.29) is 0 Å². The molecule has 0 aliphatic rings. The van der Waals surface area contributed by atoms with Gasteiger partial charge in [-0.25, -0.2) is 9.97 Å². The van der Waals surface area contributed by atoms with Gasteiger partial charge in [-0.3, -0.25) is 17.9 Å². The van der Waals surface area contributed by atoms with Crippen LogP contribution in [-0.2, 0) is 0 Å². The van der Waals surface area contributed by atoms with Crippen molar-refractivity contribution in [1.29, 1.82) is 0 Å². The Hall–Kier alpha value is -4.32. The Labute approximate surface area is 170 Å². The first kappa shape index (κ1) is 15.6. The van der Waals surface area contributed by atoms with Crippen molar-refractivity contribution in [2.45, 2.75) is 0 Å². The molecule has 0 amide bonds. The smallest absolute Gasteiger partial charge is 0.219 e. The molecule has 0 radical (unpaired) electrons. The van der Waals surface area contributed by atoms with Crippen LogP contribution in [0.3, 0.4) is 0 Å². The molecule has 0 aliphatic carbocycles. The third-order valence-corrected chi connectivity index (χ3v) is 5.70. The molecule has 30 heavy (non-hydrogen) atoms. The molecule has 7 rings (SSSR count). The summed E-state index contributed by atoms with van der Waals surface area (Å²) in [7, 11) is 0. The highest BCUT2D eigenvalue weighted by Crippen LogP contribution is 2.25. The number of nitrogens with zero attached hydrogens (tertiary/aromatic N) is 6. The van der Waals surface area contributed by atoms with Gasteiger partial charge in [0, 0.05) is 30.5 Å². The molecule has 3 aromatic carbocycles. The molecule has 7 aromatic rings. The van der Waals surface area contributed by atoms with E-state index < -0.39 is 0 Å². The first-order valence-corrected chi connectivity index (χ1v) is 9.86. The molecule has 0 saturated carbocycles. The number of para-hydroxylation sites is 3. The van der Waals surface area contributed by atoms with Crippen molar-refractivity contribution in [3.63, 3.8) is 0 Å². The summed E-state index contributed by atoms with van der Waals surface area (Å²) in [6.07, 6.45) is 8.24. The molecule has 0 fully saturated rings. The Morgan fingerprint density at radius 2 is 1.13 bits per heavy atom. The summed E-state index contributed by atoms with van der Waals surface area (Å²) in [5.41, 5.74) is 6.30. The third kappa shape index (κ3) is 2.02. The van der Waals surface area contributed by atoms with Crippen LogP contribution in [0.1, 0.15) is 0 Å². The van der Waals surface area contributed by atoms with E-state index in [2.05, 4.69) is 79.1 Å². The second-order valence-electron chi connectivity index (χ2n) is 7.40. The zero-order valence-electron chi connectivity index (χ0n) is 15.9. The molecule has 0 N–H and O–H groups in total. The maximum Gasteiger partial charge on any atom is 0.219 e. The molecular weight excluding hydrogens is 372 g/mol. The number of hydrogen-bond donors (Lipinski definition) is 0. The van der Waals surface area contributed by atoms with E-state index in [0.29, 0.717) is 0 Å². The Balaban J connectivity index is 1.45. The number of rotatable bonds is 2. The summed E-state index contributed by atoms with van der Waals surface area (Å²) >= 11 is 0. The average Bonchev–Trinajstić information content (AvgIpc) is 3.53. The van der Waals surface area contributed by atoms with E-state index in [1.54, 1.807) is 0 Å². The van der Waals surface area contributed by atoms with Crippen LogP contribution < -0.4 is 0 Å². The van der Waals surface area contributed by atoms with Crippen LogP contribution in [0.2, 0.25) is 0 Å². The van der Waals surface area contributed by atoms with Crippen molar-refractivity contribution in [3.05, 3.63) is 97.6 Å². The van der Waals surface area contributed by atoms with E-state index >= 15 is 0 Å². The number of benzene rings is 3. The molecule has 0 aliphatic heterocycles. The van der Waals surface area contributed by atoms with Gasteiger partial charge < -0.3 is 0 Å². The maximum atomic E-state index is 4.87. The van der Waals surface area contributed by atoms with Crippen molar-refractivity contribution in [2.24, 2.45) is 0 Å². The monoisotopic (exact) mass is 388 g/mol. The topological polar surface area (TPSA) is 44.5 Å². The lowest BCUT2D eigenvalue weighted by Crippen LogP contribution is -1.94. The summed E-state index contributed by atoms with van der Waals surface area (Å²) in [6.45, 7) is 0. The first-order chi connectivity index (χ1) is 14.9. The largest absolute Gasteiger partial charge is 0.286 e. The summed E-state index contributed by atoms with van der Waals surface area (Å²) in [5, 5.41) is 0. The molecule has 6 heteroatoms. The van der Waals surface area contributed by atoms with Gasteiger partial charge in [0.25, 0.3) is 0 Å². The molecule has 0 unspecified atom stereocenters. The van der Waals surface area contributed by atoms with Gasteiger partial charge in [0.2, 0.25) is 11.6 Å². The third-order valence-electron chi connectivity index (χ3n) is 5.70. The standard InChI is InChI=1S/C24H16N6/c1-2-6-17(7-3-1)27-12-15-30-22-16-18(10-11-20(22)26-23(27)30)28-13-14-29-21-9-5-4-8-19(21)25-24(28)29/h1-16H. The fraction of sp³-hybridized carbons (Fsp3) is 0. The fourth-order valence-corrected chi connectivity index (χ4v) is 4.28. The van der Waals surface area contributed by atoms with Crippen molar-refractivity contribution in [1.82, 2.24) is 27.9 Å². The van der Waals surface area contributed by atoms with Crippen LogP contribution in [-0.4, -0.2) is 27.9 Å². The summed E-state index contributed by atoms with van der Waals surface area (Å²) in [4.78, 5) is 9.69. The molecule has 0 saturated heterocycles. The first-order valence-electron chi connectivity index (χ1n) is 9.86. The van der Waals surface area contributed by atoms with Crippen LogP contribution in [0, 0.1) is 0 Å². The second kappa shape index (κ2) is 5.61. The van der Waals surface area contributed by atoms with Gasteiger partial charge in [0.15, 0.2) is 0 Å². The maximum absolute atomic E-state index is 4.87. The van der Waals surface area contributed by atoms with Crippen molar-refractivity contribution < 1.29 is 0 Å². The zero-order valence-corrected chi connectivity index (χ0v) is 15.9. The van der Waals surface area contributed by atoms with E-state index in [1.165, 1.54) is 0 Å². The van der Waals surface area contributed by atoms with Crippen LogP contribution in [0.5, 0.6) is 0 Å². The SMILES string of the molecule is c1ccc(-n2ccn3c4cc(-n5ccn6c7ccccc7nc56)ccc4nc23)cc1.